The average Bonchev–Trinajstić information content (AvgIpc) is 2.77. The van der Waals surface area contributed by atoms with Crippen LogP contribution in [0.3, 0.4) is 0 Å². The number of thiophene rings is 1. The first-order valence-corrected chi connectivity index (χ1v) is 6.43. The van der Waals surface area contributed by atoms with E-state index < -0.39 is 0 Å². The molecular formula is C14H17NS. The molecule has 2 rings (SSSR count). The zero-order chi connectivity index (χ0) is 11.4. The third kappa shape index (κ3) is 2.71. The second-order valence-corrected chi connectivity index (χ2v) is 5.07. The van der Waals surface area contributed by atoms with Crippen molar-refractivity contribution in [2.24, 2.45) is 0 Å². The summed E-state index contributed by atoms with van der Waals surface area (Å²) in [5.74, 6) is 0. The summed E-state index contributed by atoms with van der Waals surface area (Å²) >= 11 is 1.80. The summed E-state index contributed by atoms with van der Waals surface area (Å²) in [6.07, 6.45) is 0. The fourth-order valence-electron chi connectivity index (χ4n) is 1.74. The van der Waals surface area contributed by atoms with E-state index in [1.807, 2.05) is 0 Å². The lowest BCUT2D eigenvalue weighted by Crippen LogP contribution is -2.12. The van der Waals surface area contributed by atoms with Crippen molar-refractivity contribution in [1.82, 2.24) is 5.32 Å². The van der Waals surface area contributed by atoms with Crippen LogP contribution in [0.1, 0.15) is 21.6 Å². The quantitative estimate of drug-likeness (QED) is 0.847. The van der Waals surface area contributed by atoms with Gasteiger partial charge in [0.25, 0.3) is 0 Å². The van der Waals surface area contributed by atoms with Crippen LogP contribution in [-0.4, -0.2) is 0 Å². The van der Waals surface area contributed by atoms with Gasteiger partial charge >= 0.3 is 0 Å². The molecule has 0 bridgehead atoms. The first-order valence-electron chi connectivity index (χ1n) is 5.55. The molecule has 0 saturated carbocycles. The van der Waals surface area contributed by atoms with Gasteiger partial charge in [-0.05, 0) is 42.0 Å². The van der Waals surface area contributed by atoms with Crippen LogP contribution >= 0.6 is 11.3 Å². The summed E-state index contributed by atoms with van der Waals surface area (Å²) < 4.78 is 0. The van der Waals surface area contributed by atoms with E-state index >= 15 is 0 Å². The lowest BCUT2D eigenvalue weighted by atomic mass is 10.0. The van der Waals surface area contributed by atoms with Crippen LogP contribution in [0.15, 0.2) is 35.7 Å². The SMILES string of the molecule is Cc1cccc(CNCc2cccs2)c1C. The van der Waals surface area contributed by atoms with Gasteiger partial charge in [-0.3, -0.25) is 0 Å². The minimum atomic E-state index is 0.950. The van der Waals surface area contributed by atoms with Gasteiger partial charge in [0.2, 0.25) is 0 Å². The largest absolute Gasteiger partial charge is 0.308 e. The number of rotatable bonds is 4. The first-order chi connectivity index (χ1) is 7.77. The molecule has 1 nitrogen and oxygen atoms in total. The fraction of sp³-hybridized carbons (Fsp3) is 0.286. The van der Waals surface area contributed by atoms with Crippen LogP contribution < -0.4 is 5.32 Å². The Morgan fingerprint density at radius 1 is 1.06 bits per heavy atom. The standard InChI is InChI=1S/C14H17NS/c1-11-5-3-6-13(12(11)2)9-15-10-14-7-4-8-16-14/h3-8,15H,9-10H2,1-2H3. The Balaban J connectivity index is 1.92. The predicted molar refractivity (Wildman–Crippen MR) is 70.8 cm³/mol. The van der Waals surface area contributed by atoms with Gasteiger partial charge in [0.15, 0.2) is 0 Å². The molecule has 0 aliphatic rings. The molecule has 0 spiro atoms. The van der Waals surface area contributed by atoms with Crippen molar-refractivity contribution in [1.29, 1.82) is 0 Å². The Bertz CT molecular complexity index is 446. The molecule has 84 valence electrons. The van der Waals surface area contributed by atoms with Crippen LogP contribution in [-0.2, 0) is 13.1 Å². The molecule has 1 aromatic heterocycles. The molecule has 2 aromatic rings. The number of aryl methyl sites for hydroxylation is 1. The Labute approximate surface area is 101 Å². The third-order valence-electron chi connectivity index (χ3n) is 2.91. The van der Waals surface area contributed by atoms with Gasteiger partial charge in [0, 0.05) is 18.0 Å². The van der Waals surface area contributed by atoms with E-state index in [0.29, 0.717) is 0 Å². The maximum Gasteiger partial charge on any atom is 0.0302 e. The molecule has 1 heterocycles. The second kappa shape index (κ2) is 5.28. The fourth-order valence-corrected chi connectivity index (χ4v) is 2.41. The van der Waals surface area contributed by atoms with E-state index in [1.54, 1.807) is 11.3 Å². The van der Waals surface area contributed by atoms with Crippen LogP contribution in [0.5, 0.6) is 0 Å². The number of hydrogen-bond acceptors (Lipinski definition) is 2. The minimum Gasteiger partial charge on any atom is -0.308 e. The molecule has 0 aliphatic heterocycles. The predicted octanol–water partition coefficient (Wildman–Crippen LogP) is 3.65. The molecule has 2 heteroatoms. The van der Waals surface area contributed by atoms with E-state index in [-0.39, 0.29) is 0 Å². The molecule has 0 aliphatic carbocycles. The molecule has 1 N–H and O–H groups in total. The molecule has 0 fully saturated rings. The van der Waals surface area contributed by atoms with E-state index in [2.05, 4.69) is 54.9 Å². The molecule has 0 unspecified atom stereocenters. The molecule has 0 atom stereocenters. The maximum atomic E-state index is 3.48. The van der Waals surface area contributed by atoms with E-state index in [4.69, 9.17) is 0 Å². The van der Waals surface area contributed by atoms with Crippen LogP contribution in [0.25, 0.3) is 0 Å². The summed E-state index contributed by atoms with van der Waals surface area (Å²) in [5.41, 5.74) is 4.17. The summed E-state index contributed by atoms with van der Waals surface area (Å²) in [6, 6.07) is 10.8. The molecule has 0 saturated heterocycles. The zero-order valence-electron chi connectivity index (χ0n) is 9.79. The van der Waals surface area contributed by atoms with Gasteiger partial charge in [0.05, 0.1) is 0 Å². The van der Waals surface area contributed by atoms with Crippen molar-refractivity contribution < 1.29 is 0 Å². The Kier molecular flexibility index (Phi) is 3.75. The summed E-state index contributed by atoms with van der Waals surface area (Å²) in [6.45, 7) is 6.27. The Hall–Kier alpha value is -1.12. The van der Waals surface area contributed by atoms with Crippen LogP contribution in [0.4, 0.5) is 0 Å². The highest BCUT2D eigenvalue weighted by molar-refractivity contribution is 7.09. The highest BCUT2D eigenvalue weighted by Crippen LogP contribution is 2.13. The van der Waals surface area contributed by atoms with E-state index in [9.17, 15) is 0 Å². The van der Waals surface area contributed by atoms with Gasteiger partial charge in [0.1, 0.15) is 0 Å². The van der Waals surface area contributed by atoms with Crippen LogP contribution in [0.2, 0.25) is 0 Å². The third-order valence-corrected chi connectivity index (χ3v) is 3.79. The lowest BCUT2D eigenvalue weighted by Gasteiger charge is -2.09. The molecule has 16 heavy (non-hydrogen) atoms. The van der Waals surface area contributed by atoms with Crippen molar-refractivity contribution in [3.8, 4) is 0 Å². The second-order valence-electron chi connectivity index (χ2n) is 4.04. The molecule has 0 amide bonds. The highest BCUT2D eigenvalue weighted by atomic mass is 32.1. The lowest BCUT2D eigenvalue weighted by molar-refractivity contribution is 0.697. The molecular weight excluding hydrogens is 214 g/mol. The molecule has 0 radical (unpaired) electrons. The van der Waals surface area contributed by atoms with Crippen molar-refractivity contribution in [3.05, 3.63) is 57.3 Å². The van der Waals surface area contributed by atoms with Crippen molar-refractivity contribution in [3.63, 3.8) is 0 Å². The molecule has 1 aromatic carbocycles. The Morgan fingerprint density at radius 3 is 2.69 bits per heavy atom. The summed E-state index contributed by atoms with van der Waals surface area (Å²) in [5, 5.41) is 5.60. The first kappa shape index (κ1) is 11.4. The van der Waals surface area contributed by atoms with Crippen molar-refractivity contribution in [2.45, 2.75) is 26.9 Å². The maximum absolute atomic E-state index is 3.48. The van der Waals surface area contributed by atoms with Gasteiger partial charge in [-0.15, -0.1) is 11.3 Å². The summed E-state index contributed by atoms with van der Waals surface area (Å²) in [7, 11) is 0. The van der Waals surface area contributed by atoms with E-state index in [0.717, 1.165) is 13.1 Å². The van der Waals surface area contributed by atoms with E-state index in [1.165, 1.54) is 21.6 Å². The highest BCUT2D eigenvalue weighted by Gasteiger charge is 2.00. The topological polar surface area (TPSA) is 12.0 Å². The smallest absolute Gasteiger partial charge is 0.0302 e. The van der Waals surface area contributed by atoms with Gasteiger partial charge in [-0.25, -0.2) is 0 Å². The zero-order valence-corrected chi connectivity index (χ0v) is 10.6. The van der Waals surface area contributed by atoms with Gasteiger partial charge < -0.3 is 5.32 Å². The van der Waals surface area contributed by atoms with Gasteiger partial charge in [-0.1, -0.05) is 24.3 Å². The van der Waals surface area contributed by atoms with Crippen LogP contribution in [0, 0.1) is 13.8 Å². The van der Waals surface area contributed by atoms with Gasteiger partial charge in [-0.2, -0.15) is 0 Å². The monoisotopic (exact) mass is 231 g/mol. The number of hydrogen-bond donors (Lipinski definition) is 1. The van der Waals surface area contributed by atoms with Crippen molar-refractivity contribution >= 4 is 11.3 Å². The average molecular weight is 231 g/mol. The normalized spacial score (nSPS) is 10.6. The van der Waals surface area contributed by atoms with Crippen molar-refractivity contribution in [2.75, 3.05) is 0 Å². The minimum absolute atomic E-state index is 0.950. The number of benzene rings is 1. The number of nitrogens with one attached hydrogen (secondary N) is 1. The summed E-state index contributed by atoms with van der Waals surface area (Å²) in [4.78, 5) is 1.39. The Morgan fingerprint density at radius 2 is 1.94 bits per heavy atom.